The predicted octanol–water partition coefficient (Wildman–Crippen LogP) is 3.98. The maximum Gasteiger partial charge on any atom is 0.0417 e. The largest absolute Gasteiger partial charge is 0.308 e. The molecule has 1 aromatic rings. The number of hydrogen-bond donors (Lipinski definition) is 1. The van der Waals surface area contributed by atoms with E-state index >= 15 is 0 Å². The highest BCUT2D eigenvalue weighted by molar-refractivity contribution is 7.99. The van der Waals surface area contributed by atoms with Crippen molar-refractivity contribution in [2.24, 2.45) is 0 Å². The van der Waals surface area contributed by atoms with Crippen molar-refractivity contribution in [1.29, 1.82) is 0 Å². The van der Waals surface area contributed by atoms with Gasteiger partial charge in [0.25, 0.3) is 0 Å². The van der Waals surface area contributed by atoms with Crippen LogP contribution < -0.4 is 5.32 Å². The van der Waals surface area contributed by atoms with Crippen LogP contribution in [0.5, 0.6) is 0 Å². The van der Waals surface area contributed by atoms with Gasteiger partial charge in [0.05, 0.1) is 0 Å². The first-order valence-electron chi connectivity index (χ1n) is 6.82. The van der Waals surface area contributed by atoms with Crippen LogP contribution in [-0.2, 0) is 5.41 Å². The summed E-state index contributed by atoms with van der Waals surface area (Å²) < 4.78 is 0. The van der Waals surface area contributed by atoms with E-state index in [0.717, 1.165) is 6.54 Å². The van der Waals surface area contributed by atoms with Crippen LogP contribution in [0.2, 0.25) is 0 Å². The van der Waals surface area contributed by atoms with Crippen LogP contribution in [0, 0.1) is 13.8 Å². The van der Waals surface area contributed by atoms with E-state index in [1.54, 1.807) is 0 Å². The Balaban J connectivity index is 2.37. The van der Waals surface area contributed by atoms with Crippen molar-refractivity contribution in [1.82, 2.24) is 5.32 Å². The quantitative estimate of drug-likeness (QED) is 0.822. The van der Waals surface area contributed by atoms with Crippen LogP contribution in [0.15, 0.2) is 12.1 Å². The number of thioether (sulfide) groups is 1. The van der Waals surface area contributed by atoms with Crippen molar-refractivity contribution in [3.63, 3.8) is 0 Å². The van der Waals surface area contributed by atoms with Gasteiger partial charge in [-0.1, -0.05) is 32.9 Å². The van der Waals surface area contributed by atoms with Crippen LogP contribution in [0.25, 0.3) is 0 Å². The highest BCUT2D eigenvalue weighted by Crippen LogP contribution is 2.32. The zero-order chi connectivity index (χ0) is 13.3. The second-order valence-corrected chi connectivity index (χ2v) is 7.51. The topological polar surface area (TPSA) is 12.0 Å². The SMILES string of the molecule is Cc1cc(C(C)(C)C)cc(C)c1C1CSCCN1. The van der Waals surface area contributed by atoms with E-state index in [4.69, 9.17) is 0 Å². The standard InChI is InChI=1S/C16H25NS/c1-11-8-13(16(3,4)5)9-12(2)15(11)14-10-18-7-6-17-14/h8-9,14,17H,6-7,10H2,1-5H3. The molecule has 0 aromatic heterocycles. The molecular weight excluding hydrogens is 238 g/mol. The number of aryl methyl sites for hydroxylation is 2. The smallest absolute Gasteiger partial charge is 0.0417 e. The summed E-state index contributed by atoms with van der Waals surface area (Å²) >= 11 is 2.06. The van der Waals surface area contributed by atoms with E-state index in [-0.39, 0.29) is 5.41 Å². The van der Waals surface area contributed by atoms with Crippen molar-refractivity contribution >= 4 is 11.8 Å². The average molecular weight is 263 g/mol. The van der Waals surface area contributed by atoms with Gasteiger partial charge >= 0.3 is 0 Å². The van der Waals surface area contributed by atoms with Crippen molar-refractivity contribution in [3.8, 4) is 0 Å². The Hall–Kier alpha value is -0.470. The lowest BCUT2D eigenvalue weighted by molar-refractivity contribution is 0.576. The zero-order valence-corrected chi connectivity index (χ0v) is 13.1. The minimum Gasteiger partial charge on any atom is -0.308 e. The van der Waals surface area contributed by atoms with E-state index in [1.165, 1.54) is 33.8 Å². The van der Waals surface area contributed by atoms with Gasteiger partial charge in [-0.25, -0.2) is 0 Å². The van der Waals surface area contributed by atoms with E-state index in [2.05, 4.69) is 63.8 Å². The van der Waals surface area contributed by atoms with Crippen LogP contribution in [-0.4, -0.2) is 18.1 Å². The summed E-state index contributed by atoms with van der Waals surface area (Å²) in [5, 5.41) is 3.65. The minimum absolute atomic E-state index is 0.239. The molecule has 1 fully saturated rings. The predicted molar refractivity (Wildman–Crippen MR) is 82.7 cm³/mol. The Labute approximate surface area is 116 Å². The summed E-state index contributed by atoms with van der Waals surface area (Å²) in [7, 11) is 0. The monoisotopic (exact) mass is 263 g/mol. The molecule has 2 heteroatoms. The Morgan fingerprint density at radius 3 is 2.22 bits per heavy atom. The van der Waals surface area contributed by atoms with E-state index in [9.17, 15) is 0 Å². The second-order valence-electron chi connectivity index (χ2n) is 6.36. The molecule has 1 aliphatic rings. The molecular formula is C16H25NS. The Morgan fingerprint density at radius 2 is 1.78 bits per heavy atom. The molecule has 1 aliphatic heterocycles. The van der Waals surface area contributed by atoms with Crippen molar-refractivity contribution in [3.05, 3.63) is 34.4 Å². The third-order valence-corrected chi connectivity index (χ3v) is 4.79. The van der Waals surface area contributed by atoms with Crippen molar-refractivity contribution < 1.29 is 0 Å². The molecule has 1 unspecified atom stereocenters. The molecule has 0 bridgehead atoms. The summed E-state index contributed by atoms with van der Waals surface area (Å²) in [5.41, 5.74) is 6.10. The molecule has 2 rings (SSSR count). The normalized spacial score (nSPS) is 21.1. The fraction of sp³-hybridized carbons (Fsp3) is 0.625. The lowest BCUT2D eigenvalue weighted by Gasteiger charge is -2.29. The summed E-state index contributed by atoms with van der Waals surface area (Å²) in [6.07, 6.45) is 0. The first-order chi connectivity index (χ1) is 8.39. The number of benzene rings is 1. The summed E-state index contributed by atoms with van der Waals surface area (Å²) in [6.45, 7) is 12.5. The number of hydrogen-bond acceptors (Lipinski definition) is 2. The lowest BCUT2D eigenvalue weighted by atomic mass is 9.83. The van der Waals surface area contributed by atoms with Gasteiger partial charge < -0.3 is 5.32 Å². The Kier molecular flexibility index (Phi) is 4.08. The van der Waals surface area contributed by atoms with Crippen LogP contribution >= 0.6 is 11.8 Å². The van der Waals surface area contributed by atoms with Crippen molar-refractivity contribution in [2.45, 2.75) is 46.1 Å². The average Bonchev–Trinajstić information content (AvgIpc) is 2.28. The molecule has 1 nitrogen and oxygen atoms in total. The summed E-state index contributed by atoms with van der Waals surface area (Å²) in [6, 6.07) is 5.30. The lowest BCUT2D eigenvalue weighted by Crippen LogP contribution is -2.31. The highest BCUT2D eigenvalue weighted by Gasteiger charge is 2.21. The molecule has 1 aromatic carbocycles. The van der Waals surface area contributed by atoms with Crippen LogP contribution in [0.4, 0.5) is 0 Å². The van der Waals surface area contributed by atoms with Gasteiger partial charge in [-0.2, -0.15) is 11.8 Å². The first kappa shape index (κ1) is 14.0. The fourth-order valence-electron chi connectivity index (χ4n) is 2.71. The maximum atomic E-state index is 3.65. The van der Waals surface area contributed by atoms with Crippen molar-refractivity contribution in [2.75, 3.05) is 18.1 Å². The van der Waals surface area contributed by atoms with E-state index in [0.29, 0.717) is 6.04 Å². The number of nitrogens with one attached hydrogen (secondary N) is 1. The number of rotatable bonds is 1. The van der Waals surface area contributed by atoms with Gasteiger partial charge in [-0.3, -0.25) is 0 Å². The minimum atomic E-state index is 0.239. The molecule has 0 amide bonds. The van der Waals surface area contributed by atoms with Crippen LogP contribution in [0.3, 0.4) is 0 Å². The van der Waals surface area contributed by atoms with Gasteiger partial charge in [0.15, 0.2) is 0 Å². The molecule has 1 heterocycles. The van der Waals surface area contributed by atoms with E-state index < -0.39 is 0 Å². The zero-order valence-electron chi connectivity index (χ0n) is 12.3. The van der Waals surface area contributed by atoms with Gasteiger partial charge in [-0.15, -0.1) is 0 Å². The summed E-state index contributed by atoms with van der Waals surface area (Å²) in [4.78, 5) is 0. The Bertz CT molecular complexity index is 402. The van der Waals surface area contributed by atoms with Gasteiger partial charge in [0.2, 0.25) is 0 Å². The molecule has 100 valence electrons. The fourth-order valence-corrected chi connectivity index (χ4v) is 3.66. The summed E-state index contributed by atoms with van der Waals surface area (Å²) in [5.74, 6) is 2.45. The molecule has 0 radical (unpaired) electrons. The third-order valence-electron chi connectivity index (χ3n) is 3.73. The molecule has 1 saturated heterocycles. The molecule has 0 spiro atoms. The molecule has 0 saturated carbocycles. The third kappa shape index (κ3) is 2.92. The van der Waals surface area contributed by atoms with E-state index in [1.807, 2.05) is 0 Å². The molecule has 1 atom stereocenters. The van der Waals surface area contributed by atoms with Gasteiger partial charge in [-0.05, 0) is 41.5 Å². The molecule has 1 N–H and O–H groups in total. The highest BCUT2D eigenvalue weighted by atomic mass is 32.2. The molecule has 0 aliphatic carbocycles. The van der Waals surface area contributed by atoms with Gasteiger partial charge in [0.1, 0.15) is 0 Å². The Morgan fingerprint density at radius 1 is 1.17 bits per heavy atom. The maximum absolute atomic E-state index is 3.65. The molecule has 18 heavy (non-hydrogen) atoms. The van der Waals surface area contributed by atoms with Crippen LogP contribution in [0.1, 0.15) is 49.1 Å². The van der Waals surface area contributed by atoms with Gasteiger partial charge in [0, 0.05) is 24.1 Å². The first-order valence-corrected chi connectivity index (χ1v) is 7.98. The second kappa shape index (κ2) is 5.26.